The summed E-state index contributed by atoms with van der Waals surface area (Å²) in [7, 11) is 0. The van der Waals surface area contributed by atoms with E-state index in [2.05, 4.69) is 10.6 Å². The summed E-state index contributed by atoms with van der Waals surface area (Å²) in [6, 6.07) is 11.7. The van der Waals surface area contributed by atoms with E-state index in [1.807, 2.05) is 4.90 Å². The second kappa shape index (κ2) is 7.11. The standard InChI is InChI=1S/C20H19N3O4/c24-18-12-27-17-8-5-14(11-16(17)22-18)19(25)21-15-6-3-13(4-7-15)20(26)23-9-1-2-10-23/h3-8,11H,1-2,9-10,12H2,(H,21,25)(H,22,24). The first kappa shape index (κ1) is 17.1. The molecule has 2 aliphatic rings. The lowest BCUT2D eigenvalue weighted by atomic mass is 10.1. The van der Waals surface area contributed by atoms with Crippen LogP contribution in [0.15, 0.2) is 42.5 Å². The molecule has 0 aliphatic carbocycles. The minimum absolute atomic E-state index is 0.0239. The largest absolute Gasteiger partial charge is 0.482 e. The highest BCUT2D eigenvalue weighted by molar-refractivity contribution is 6.06. The zero-order valence-corrected chi connectivity index (χ0v) is 14.7. The molecule has 7 heteroatoms. The van der Waals surface area contributed by atoms with E-state index in [4.69, 9.17) is 4.74 Å². The van der Waals surface area contributed by atoms with Crippen LogP contribution < -0.4 is 15.4 Å². The first-order valence-electron chi connectivity index (χ1n) is 8.87. The van der Waals surface area contributed by atoms with Gasteiger partial charge in [-0.05, 0) is 55.3 Å². The van der Waals surface area contributed by atoms with Gasteiger partial charge < -0.3 is 20.3 Å². The molecular formula is C20H19N3O4. The predicted octanol–water partition coefficient (Wildman–Crippen LogP) is 2.51. The van der Waals surface area contributed by atoms with E-state index < -0.39 is 0 Å². The van der Waals surface area contributed by atoms with Crippen LogP contribution in [0.3, 0.4) is 0 Å². The van der Waals surface area contributed by atoms with Gasteiger partial charge in [-0.25, -0.2) is 0 Å². The lowest BCUT2D eigenvalue weighted by molar-refractivity contribution is -0.118. The summed E-state index contributed by atoms with van der Waals surface area (Å²) >= 11 is 0. The number of amides is 3. The van der Waals surface area contributed by atoms with Gasteiger partial charge in [0.25, 0.3) is 17.7 Å². The smallest absolute Gasteiger partial charge is 0.262 e. The summed E-state index contributed by atoms with van der Waals surface area (Å²) in [5.74, 6) is 0.00120. The molecule has 2 heterocycles. The summed E-state index contributed by atoms with van der Waals surface area (Å²) in [4.78, 5) is 38.1. The zero-order chi connectivity index (χ0) is 18.8. The Morgan fingerprint density at radius 3 is 2.44 bits per heavy atom. The number of ether oxygens (including phenoxy) is 1. The molecule has 0 aromatic heterocycles. The van der Waals surface area contributed by atoms with Gasteiger partial charge in [0.05, 0.1) is 5.69 Å². The van der Waals surface area contributed by atoms with Gasteiger partial charge in [-0.3, -0.25) is 14.4 Å². The molecule has 0 atom stereocenters. The van der Waals surface area contributed by atoms with Gasteiger partial charge in [0.1, 0.15) is 5.75 Å². The van der Waals surface area contributed by atoms with Gasteiger partial charge in [0, 0.05) is 29.9 Å². The Bertz CT molecular complexity index is 902. The predicted molar refractivity (Wildman–Crippen MR) is 100 cm³/mol. The molecule has 2 N–H and O–H groups in total. The number of nitrogens with zero attached hydrogens (tertiary/aromatic N) is 1. The molecule has 138 valence electrons. The molecule has 1 saturated heterocycles. The Balaban J connectivity index is 1.44. The average Bonchev–Trinajstić information content (AvgIpc) is 3.22. The maximum absolute atomic E-state index is 12.5. The molecule has 2 aromatic carbocycles. The number of carbonyl (C=O) groups is 3. The van der Waals surface area contributed by atoms with E-state index in [0.29, 0.717) is 28.3 Å². The fraction of sp³-hybridized carbons (Fsp3) is 0.250. The van der Waals surface area contributed by atoms with Crippen LogP contribution in [0.2, 0.25) is 0 Å². The van der Waals surface area contributed by atoms with Crippen LogP contribution in [0.5, 0.6) is 5.75 Å². The van der Waals surface area contributed by atoms with E-state index >= 15 is 0 Å². The number of hydrogen-bond donors (Lipinski definition) is 2. The van der Waals surface area contributed by atoms with Gasteiger partial charge >= 0.3 is 0 Å². The molecule has 0 radical (unpaired) electrons. The molecule has 0 unspecified atom stereocenters. The van der Waals surface area contributed by atoms with Crippen molar-refractivity contribution in [2.75, 3.05) is 30.3 Å². The van der Waals surface area contributed by atoms with Crippen molar-refractivity contribution >= 4 is 29.1 Å². The fourth-order valence-corrected chi connectivity index (χ4v) is 3.23. The highest BCUT2D eigenvalue weighted by Crippen LogP contribution is 2.28. The summed E-state index contributed by atoms with van der Waals surface area (Å²) in [6.07, 6.45) is 2.10. The number of anilines is 2. The number of fused-ring (bicyclic) bond motifs is 1. The Hall–Kier alpha value is -3.35. The van der Waals surface area contributed by atoms with E-state index in [9.17, 15) is 14.4 Å². The van der Waals surface area contributed by atoms with Crippen molar-refractivity contribution in [1.82, 2.24) is 4.90 Å². The third kappa shape index (κ3) is 3.62. The highest BCUT2D eigenvalue weighted by atomic mass is 16.5. The lowest BCUT2D eigenvalue weighted by Gasteiger charge is -2.18. The van der Waals surface area contributed by atoms with E-state index in [-0.39, 0.29) is 24.3 Å². The third-order valence-corrected chi connectivity index (χ3v) is 4.66. The summed E-state index contributed by atoms with van der Waals surface area (Å²) < 4.78 is 5.29. The van der Waals surface area contributed by atoms with Crippen molar-refractivity contribution in [1.29, 1.82) is 0 Å². The summed E-state index contributed by atoms with van der Waals surface area (Å²) in [5.41, 5.74) is 2.08. The molecule has 1 fully saturated rings. The molecule has 3 amide bonds. The van der Waals surface area contributed by atoms with E-state index in [1.165, 1.54) is 0 Å². The normalized spacial score (nSPS) is 15.6. The fourth-order valence-electron chi connectivity index (χ4n) is 3.23. The van der Waals surface area contributed by atoms with E-state index in [1.54, 1.807) is 42.5 Å². The Labute approximate surface area is 156 Å². The molecular weight excluding hydrogens is 346 g/mol. The molecule has 0 bridgehead atoms. The number of hydrogen-bond acceptors (Lipinski definition) is 4. The zero-order valence-electron chi connectivity index (χ0n) is 14.7. The Morgan fingerprint density at radius 2 is 1.70 bits per heavy atom. The van der Waals surface area contributed by atoms with Crippen molar-refractivity contribution < 1.29 is 19.1 Å². The second-order valence-corrected chi connectivity index (χ2v) is 6.58. The van der Waals surface area contributed by atoms with Crippen LogP contribution in [0.1, 0.15) is 33.6 Å². The van der Waals surface area contributed by atoms with Gasteiger partial charge in [-0.1, -0.05) is 0 Å². The third-order valence-electron chi connectivity index (χ3n) is 4.66. The van der Waals surface area contributed by atoms with Crippen LogP contribution >= 0.6 is 0 Å². The number of likely N-dealkylation sites (tertiary alicyclic amines) is 1. The topological polar surface area (TPSA) is 87.7 Å². The SMILES string of the molecule is O=C1COc2ccc(C(=O)Nc3ccc(C(=O)N4CCCC4)cc3)cc2N1. The van der Waals surface area contributed by atoms with Crippen LogP contribution in [0.25, 0.3) is 0 Å². The molecule has 2 aromatic rings. The van der Waals surface area contributed by atoms with Crippen LogP contribution in [0, 0.1) is 0 Å². The Morgan fingerprint density at radius 1 is 1.00 bits per heavy atom. The van der Waals surface area contributed by atoms with Crippen LogP contribution in [-0.2, 0) is 4.79 Å². The molecule has 4 rings (SSSR count). The Kier molecular flexibility index (Phi) is 4.50. The van der Waals surface area contributed by atoms with Crippen molar-refractivity contribution in [2.45, 2.75) is 12.8 Å². The lowest BCUT2D eigenvalue weighted by Crippen LogP contribution is -2.27. The minimum atomic E-state index is -0.309. The quantitative estimate of drug-likeness (QED) is 0.875. The van der Waals surface area contributed by atoms with Crippen LogP contribution in [-0.4, -0.2) is 42.3 Å². The van der Waals surface area contributed by atoms with Gasteiger partial charge in [-0.15, -0.1) is 0 Å². The summed E-state index contributed by atoms with van der Waals surface area (Å²) in [5, 5.41) is 5.47. The maximum Gasteiger partial charge on any atom is 0.262 e. The molecule has 7 nitrogen and oxygen atoms in total. The maximum atomic E-state index is 12.5. The monoisotopic (exact) mass is 365 g/mol. The number of carbonyl (C=O) groups excluding carboxylic acids is 3. The van der Waals surface area contributed by atoms with Crippen molar-refractivity contribution in [2.24, 2.45) is 0 Å². The average molecular weight is 365 g/mol. The van der Waals surface area contributed by atoms with Crippen molar-refractivity contribution in [3.63, 3.8) is 0 Å². The number of rotatable bonds is 3. The van der Waals surface area contributed by atoms with Crippen molar-refractivity contribution in [3.8, 4) is 5.75 Å². The first-order chi connectivity index (χ1) is 13.1. The van der Waals surface area contributed by atoms with E-state index in [0.717, 1.165) is 25.9 Å². The van der Waals surface area contributed by atoms with Crippen molar-refractivity contribution in [3.05, 3.63) is 53.6 Å². The molecule has 27 heavy (non-hydrogen) atoms. The number of benzene rings is 2. The first-order valence-corrected chi connectivity index (χ1v) is 8.87. The number of nitrogens with one attached hydrogen (secondary N) is 2. The summed E-state index contributed by atoms with van der Waals surface area (Å²) in [6.45, 7) is 1.58. The minimum Gasteiger partial charge on any atom is -0.482 e. The molecule has 0 spiro atoms. The van der Waals surface area contributed by atoms with Crippen LogP contribution in [0.4, 0.5) is 11.4 Å². The second-order valence-electron chi connectivity index (χ2n) is 6.58. The highest BCUT2D eigenvalue weighted by Gasteiger charge is 2.20. The van der Waals surface area contributed by atoms with Gasteiger partial charge in [0.15, 0.2) is 6.61 Å². The van der Waals surface area contributed by atoms with Gasteiger partial charge in [-0.2, -0.15) is 0 Å². The molecule has 2 aliphatic heterocycles. The van der Waals surface area contributed by atoms with Gasteiger partial charge in [0.2, 0.25) is 0 Å². The molecule has 0 saturated carbocycles.